The number of carbonyl (C=O) groups excluding carboxylic acids is 4. The highest BCUT2D eigenvalue weighted by atomic mass is 16.5. The summed E-state index contributed by atoms with van der Waals surface area (Å²) in [6.45, 7) is 7.69. The van der Waals surface area contributed by atoms with Gasteiger partial charge in [-0.2, -0.15) is 0 Å². The number of ether oxygens (including phenoxy) is 4. The third kappa shape index (κ3) is 17.7. The minimum absolute atomic E-state index is 0.0277. The molecule has 6 rings (SSSR count). The molecule has 0 unspecified atom stereocenters. The summed E-state index contributed by atoms with van der Waals surface area (Å²) in [6, 6.07) is 24.2. The molecule has 0 bridgehead atoms. The number of hydrogen-bond acceptors (Lipinski definition) is 12. The van der Waals surface area contributed by atoms with E-state index in [1.165, 1.54) is 25.0 Å². The van der Waals surface area contributed by atoms with E-state index in [4.69, 9.17) is 41.9 Å². The van der Waals surface area contributed by atoms with Crippen molar-refractivity contribution < 1.29 is 38.1 Å². The van der Waals surface area contributed by atoms with Crippen LogP contribution in [-0.2, 0) is 41.9 Å². The maximum absolute atomic E-state index is 12.5. The number of nitrogens with two attached hydrogens (primary N) is 4. The van der Waals surface area contributed by atoms with Crippen molar-refractivity contribution in [3.63, 3.8) is 0 Å². The number of hydrogen-bond donors (Lipinski definition) is 4. The molecule has 0 aliphatic heterocycles. The van der Waals surface area contributed by atoms with E-state index in [1.807, 2.05) is 12.2 Å². The molecule has 2 saturated carbocycles. The maximum Gasteiger partial charge on any atom is 0.331 e. The van der Waals surface area contributed by atoms with Crippen molar-refractivity contribution in [3.8, 4) is 11.5 Å². The molecule has 8 N–H and O–H groups in total. The molecule has 2 fully saturated rings. The fraction of sp³-hybridized carbons (Fsp3) is 0.345. The lowest BCUT2D eigenvalue weighted by atomic mass is 9.80. The molecule has 4 aromatic carbocycles. The lowest BCUT2D eigenvalue weighted by molar-refractivity contribution is -0.141. The van der Waals surface area contributed by atoms with Crippen LogP contribution in [0.5, 0.6) is 11.5 Å². The zero-order valence-corrected chi connectivity index (χ0v) is 38.5. The van der Waals surface area contributed by atoms with Gasteiger partial charge in [-0.25, -0.2) is 9.59 Å². The number of benzene rings is 4. The van der Waals surface area contributed by atoms with Gasteiger partial charge in [-0.1, -0.05) is 55.0 Å². The van der Waals surface area contributed by atoms with Crippen molar-refractivity contribution in [2.75, 3.05) is 22.9 Å². The van der Waals surface area contributed by atoms with Crippen LogP contribution in [0.1, 0.15) is 106 Å². The molecule has 0 aromatic heterocycles. The summed E-state index contributed by atoms with van der Waals surface area (Å²) in [5, 5.41) is 0. The Hall–Kier alpha value is -7.08. The van der Waals surface area contributed by atoms with E-state index in [2.05, 4.69) is 13.2 Å². The average Bonchev–Trinajstić information content (AvgIpc) is 3.33. The van der Waals surface area contributed by atoms with Crippen LogP contribution in [0.4, 0.5) is 22.7 Å². The predicted octanol–water partition coefficient (Wildman–Crippen LogP) is 11.0. The van der Waals surface area contributed by atoms with Crippen LogP contribution < -0.4 is 32.4 Å². The normalized spacial score (nSPS) is 18.0. The molecule has 2 aliphatic rings. The van der Waals surface area contributed by atoms with Gasteiger partial charge < -0.3 is 41.9 Å². The van der Waals surface area contributed by atoms with E-state index in [0.29, 0.717) is 57.2 Å². The van der Waals surface area contributed by atoms with Crippen LogP contribution in [0.15, 0.2) is 122 Å². The van der Waals surface area contributed by atoms with Gasteiger partial charge in [-0.05, 0) is 161 Å². The van der Waals surface area contributed by atoms with Gasteiger partial charge in [0.05, 0.1) is 11.8 Å². The fourth-order valence-corrected chi connectivity index (χ4v) is 8.18. The lowest BCUT2D eigenvalue weighted by Crippen LogP contribution is -2.25. The zero-order valence-electron chi connectivity index (χ0n) is 38.5. The van der Waals surface area contributed by atoms with Gasteiger partial charge in [0.1, 0.15) is 24.7 Å². The van der Waals surface area contributed by atoms with Crippen molar-refractivity contribution >= 4 is 58.8 Å². The summed E-state index contributed by atoms with van der Waals surface area (Å²) in [5.74, 6) is 1.08. The van der Waals surface area contributed by atoms with E-state index < -0.39 is 11.9 Å². The monoisotopic (exact) mass is 910 g/mol. The molecule has 67 heavy (non-hydrogen) atoms. The quantitative estimate of drug-likeness (QED) is 0.0173. The van der Waals surface area contributed by atoms with Crippen LogP contribution >= 0.6 is 0 Å². The first-order valence-electron chi connectivity index (χ1n) is 23.2. The standard InChI is InChI=1S/C28H34N2O4.C27H32N2O4/c1-2-3-4-5-20-6-11-22(12-7-20)28(32)34-25-15-8-21(9-16-25)10-17-27(31)33-19-23-13-14-24(29)18-26(23)30;1-2-3-4-19-5-10-21(11-6-19)27(31)33-24-14-7-20(8-15-24)9-16-26(30)32-18-22-12-13-23(28)17-25(22)29/h2,8-10,13-18,20,22H,1,3-7,11-12,19,29-30H2;2,7-9,12-17,19,21H,1,3-6,10-11,18,28-29H2/b17-10+;16-9+. The fourth-order valence-electron chi connectivity index (χ4n) is 8.18. The molecule has 0 atom stereocenters. The molecule has 4 aromatic rings. The van der Waals surface area contributed by atoms with Gasteiger partial charge in [0.15, 0.2) is 0 Å². The number of carbonyl (C=O) groups is 4. The van der Waals surface area contributed by atoms with Gasteiger partial charge in [0.2, 0.25) is 0 Å². The van der Waals surface area contributed by atoms with Crippen LogP contribution in [-0.4, -0.2) is 23.9 Å². The Morgan fingerprint density at radius 1 is 0.522 bits per heavy atom. The van der Waals surface area contributed by atoms with Crippen molar-refractivity contribution in [2.24, 2.45) is 23.7 Å². The maximum atomic E-state index is 12.5. The number of nitrogen functional groups attached to an aromatic ring is 4. The molecule has 0 radical (unpaired) electrons. The van der Waals surface area contributed by atoms with Gasteiger partial charge in [0, 0.05) is 46.0 Å². The summed E-state index contributed by atoms with van der Waals surface area (Å²) >= 11 is 0. The van der Waals surface area contributed by atoms with Crippen LogP contribution in [0.3, 0.4) is 0 Å². The van der Waals surface area contributed by atoms with Crippen molar-refractivity contribution in [1.29, 1.82) is 0 Å². The molecule has 0 saturated heterocycles. The van der Waals surface area contributed by atoms with E-state index in [0.717, 1.165) is 81.8 Å². The predicted molar refractivity (Wildman–Crippen MR) is 267 cm³/mol. The summed E-state index contributed by atoms with van der Waals surface area (Å²) in [4.78, 5) is 49.0. The van der Waals surface area contributed by atoms with Crippen LogP contribution in [0.25, 0.3) is 12.2 Å². The Kier molecular flexibility index (Phi) is 20.3. The van der Waals surface area contributed by atoms with Crippen LogP contribution in [0.2, 0.25) is 0 Å². The van der Waals surface area contributed by atoms with Gasteiger partial charge in [-0.3, -0.25) is 9.59 Å². The number of anilines is 4. The molecule has 2 aliphatic carbocycles. The third-order valence-corrected chi connectivity index (χ3v) is 12.3. The molecular weight excluding hydrogens is 845 g/mol. The first kappa shape index (κ1) is 50.9. The molecule has 12 nitrogen and oxygen atoms in total. The van der Waals surface area contributed by atoms with Crippen molar-refractivity contribution in [1.82, 2.24) is 0 Å². The summed E-state index contributed by atoms with van der Waals surface area (Å²) in [6.07, 6.45) is 23.4. The lowest BCUT2D eigenvalue weighted by Gasteiger charge is -2.27. The number of esters is 4. The highest BCUT2D eigenvalue weighted by Crippen LogP contribution is 2.34. The van der Waals surface area contributed by atoms with E-state index in [-0.39, 0.29) is 37.0 Å². The van der Waals surface area contributed by atoms with E-state index in [1.54, 1.807) is 97.1 Å². The second-order valence-electron chi connectivity index (χ2n) is 17.3. The second-order valence-corrected chi connectivity index (χ2v) is 17.3. The number of unbranched alkanes of at least 4 members (excludes halogenated alkanes) is 1. The first-order chi connectivity index (χ1) is 32.4. The Balaban J connectivity index is 0.000000251. The van der Waals surface area contributed by atoms with Gasteiger partial charge in [0.25, 0.3) is 0 Å². The minimum atomic E-state index is -0.481. The first-order valence-corrected chi connectivity index (χ1v) is 23.2. The van der Waals surface area contributed by atoms with Crippen molar-refractivity contribution in [2.45, 2.75) is 96.7 Å². The van der Waals surface area contributed by atoms with E-state index in [9.17, 15) is 19.2 Å². The Morgan fingerprint density at radius 2 is 0.925 bits per heavy atom. The second kappa shape index (κ2) is 26.8. The molecule has 0 spiro atoms. The molecule has 12 heteroatoms. The highest BCUT2D eigenvalue weighted by Gasteiger charge is 2.28. The molecule has 0 heterocycles. The Bertz CT molecular complexity index is 2320. The Labute approximate surface area is 395 Å². The Morgan fingerprint density at radius 3 is 1.31 bits per heavy atom. The smallest absolute Gasteiger partial charge is 0.331 e. The summed E-state index contributed by atoms with van der Waals surface area (Å²) in [7, 11) is 0. The highest BCUT2D eigenvalue weighted by molar-refractivity contribution is 5.88. The summed E-state index contributed by atoms with van der Waals surface area (Å²) < 4.78 is 21.6. The van der Waals surface area contributed by atoms with Crippen molar-refractivity contribution in [3.05, 3.63) is 145 Å². The number of allylic oxidation sites excluding steroid dienone is 2. The third-order valence-electron chi connectivity index (χ3n) is 12.3. The topological polar surface area (TPSA) is 209 Å². The summed E-state index contributed by atoms with van der Waals surface area (Å²) in [5.41, 5.74) is 28.1. The van der Waals surface area contributed by atoms with E-state index >= 15 is 0 Å². The van der Waals surface area contributed by atoms with Gasteiger partial charge in [-0.15, -0.1) is 13.2 Å². The zero-order chi connectivity index (χ0) is 48.0. The van der Waals surface area contributed by atoms with Gasteiger partial charge >= 0.3 is 23.9 Å². The average molecular weight is 911 g/mol. The molecule has 0 amide bonds. The molecular formula is C55H66N4O8. The largest absolute Gasteiger partial charge is 0.458 e. The SMILES string of the molecule is C=CCCC1CCC(C(=O)Oc2ccc(/C=C/C(=O)OCc3ccc(N)cc3N)cc2)CC1.C=CCCCC1CCC(C(=O)Oc2ccc(/C=C/C(=O)OCc3ccc(N)cc3N)cc2)CC1. The minimum Gasteiger partial charge on any atom is -0.458 e. The number of rotatable bonds is 19. The van der Waals surface area contributed by atoms with Crippen LogP contribution in [0, 0.1) is 23.7 Å². The molecule has 354 valence electrons.